The molecule has 1 N–H and O–H groups in total. The van der Waals surface area contributed by atoms with Gasteiger partial charge < -0.3 is 5.11 Å². The minimum Gasteiger partial charge on any atom is -0.380 e. The lowest BCUT2D eigenvalue weighted by atomic mass is 9.76. The molecule has 32 heavy (non-hydrogen) atoms. The number of benzene rings is 2. The van der Waals surface area contributed by atoms with Crippen molar-refractivity contribution in [3.63, 3.8) is 0 Å². The van der Waals surface area contributed by atoms with Crippen LogP contribution in [-0.4, -0.2) is 32.5 Å². The molecule has 2 aromatic rings. The number of halogens is 3. The average molecular weight is 448 g/mol. The first-order valence-electron chi connectivity index (χ1n) is 9.13. The number of carbonyl (C=O) groups excluding carboxylic acids is 1. The van der Waals surface area contributed by atoms with Crippen molar-refractivity contribution in [2.45, 2.75) is 24.6 Å². The maximum Gasteiger partial charge on any atom is 0.417 e. The molecule has 1 atom stereocenters. The molecule has 0 amide bonds. The predicted molar refractivity (Wildman–Crippen MR) is 107 cm³/mol. The van der Waals surface area contributed by atoms with Crippen LogP contribution in [0.5, 0.6) is 0 Å². The highest BCUT2D eigenvalue weighted by atomic mass is 19.4. The Morgan fingerprint density at radius 3 is 1.44 bits per heavy atom. The van der Waals surface area contributed by atoms with Crippen LogP contribution in [0.2, 0.25) is 0 Å². The zero-order chi connectivity index (χ0) is 23.7. The third kappa shape index (κ3) is 4.72. The first-order chi connectivity index (χ1) is 14.9. The summed E-state index contributed by atoms with van der Waals surface area (Å²) in [4.78, 5) is 33.1. The molecule has 2 aromatic carbocycles. The number of rotatable bonds is 4. The number of nitro groups is 2. The topological polar surface area (TPSA) is 124 Å². The lowest BCUT2D eigenvalue weighted by Gasteiger charge is -2.35. The van der Waals surface area contributed by atoms with E-state index in [-0.39, 0.29) is 33.6 Å². The van der Waals surface area contributed by atoms with Gasteiger partial charge in [-0.2, -0.15) is 13.2 Å². The van der Waals surface area contributed by atoms with E-state index in [0.717, 1.165) is 36.4 Å². The summed E-state index contributed by atoms with van der Waals surface area (Å²) in [5, 5.41) is 31.8. The van der Waals surface area contributed by atoms with Crippen LogP contribution in [-0.2, 0) is 4.79 Å². The summed E-state index contributed by atoms with van der Waals surface area (Å²) in [6.07, 6.45) is -4.71. The Bertz CT molecular complexity index is 1060. The number of aliphatic hydroxyl groups is 1. The van der Waals surface area contributed by atoms with Gasteiger partial charge >= 0.3 is 6.18 Å². The average Bonchev–Trinajstić information content (AvgIpc) is 2.71. The molecule has 1 fully saturated rings. The molecule has 0 heterocycles. The van der Waals surface area contributed by atoms with Gasteiger partial charge in [-0.1, -0.05) is 0 Å². The molecule has 3 rings (SSSR count). The standard InChI is InChI=1S/C21H15F3N2O6/c22-21(23,24)20(28)11-15(9-13-1-5-17(6-2-13)25(29)30)19(27)16(12-20)10-14-3-7-18(8-4-14)26(31)32/h1-10,28H,11-12H2/b15-9-,16-10+. The van der Waals surface area contributed by atoms with E-state index in [1.165, 1.54) is 24.3 Å². The summed E-state index contributed by atoms with van der Waals surface area (Å²) in [7, 11) is 0. The van der Waals surface area contributed by atoms with E-state index in [4.69, 9.17) is 0 Å². The van der Waals surface area contributed by atoms with Crippen molar-refractivity contribution in [3.8, 4) is 0 Å². The molecule has 1 saturated carbocycles. The van der Waals surface area contributed by atoms with Crippen LogP contribution < -0.4 is 0 Å². The van der Waals surface area contributed by atoms with Crippen LogP contribution in [0.25, 0.3) is 12.2 Å². The second-order valence-corrected chi connectivity index (χ2v) is 7.25. The Morgan fingerprint density at radius 2 is 1.16 bits per heavy atom. The van der Waals surface area contributed by atoms with Gasteiger partial charge in [0.05, 0.1) is 9.85 Å². The van der Waals surface area contributed by atoms with Crippen LogP contribution in [0.4, 0.5) is 24.5 Å². The van der Waals surface area contributed by atoms with Gasteiger partial charge in [0.1, 0.15) is 0 Å². The second kappa shape index (κ2) is 8.35. The number of non-ortho nitro benzene ring substituents is 2. The maximum absolute atomic E-state index is 13.6. The van der Waals surface area contributed by atoms with E-state index in [2.05, 4.69) is 0 Å². The van der Waals surface area contributed by atoms with Crippen LogP contribution >= 0.6 is 0 Å². The Hall–Kier alpha value is -3.86. The Balaban J connectivity index is 2.03. The zero-order valence-corrected chi connectivity index (χ0v) is 16.2. The molecule has 0 aliphatic heterocycles. The van der Waals surface area contributed by atoms with Crippen LogP contribution in [0.15, 0.2) is 59.7 Å². The third-order valence-electron chi connectivity index (χ3n) is 4.97. The van der Waals surface area contributed by atoms with E-state index in [1.807, 2.05) is 0 Å². The number of nitrogens with zero attached hydrogens (tertiary/aromatic N) is 2. The van der Waals surface area contributed by atoms with Crippen LogP contribution in [0.1, 0.15) is 24.0 Å². The summed E-state index contributed by atoms with van der Waals surface area (Å²) >= 11 is 0. The van der Waals surface area contributed by atoms with Gasteiger partial charge in [0, 0.05) is 48.3 Å². The highest BCUT2D eigenvalue weighted by molar-refractivity contribution is 6.14. The minimum atomic E-state index is -5.03. The Labute approximate surface area is 178 Å². The van der Waals surface area contributed by atoms with Crippen molar-refractivity contribution >= 4 is 29.3 Å². The van der Waals surface area contributed by atoms with Gasteiger partial charge in [0.25, 0.3) is 11.4 Å². The molecule has 0 saturated heterocycles. The third-order valence-corrected chi connectivity index (χ3v) is 4.97. The molecular weight excluding hydrogens is 433 g/mol. The minimum absolute atomic E-state index is 0.229. The van der Waals surface area contributed by atoms with Crippen molar-refractivity contribution in [2.24, 2.45) is 0 Å². The number of alkyl halides is 3. The van der Waals surface area contributed by atoms with E-state index < -0.39 is 40.2 Å². The highest BCUT2D eigenvalue weighted by Crippen LogP contribution is 2.45. The highest BCUT2D eigenvalue weighted by Gasteiger charge is 2.57. The maximum atomic E-state index is 13.6. The smallest absolute Gasteiger partial charge is 0.380 e. The quantitative estimate of drug-likeness (QED) is 0.413. The Morgan fingerprint density at radius 1 is 0.812 bits per heavy atom. The van der Waals surface area contributed by atoms with Crippen molar-refractivity contribution < 1.29 is 32.9 Å². The fraction of sp³-hybridized carbons (Fsp3) is 0.190. The Kier molecular flexibility index (Phi) is 5.95. The van der Waals surface area contributed by atoms with Gasteiger partial charge in [-0.3, -0.25) is 25.0 Å². The lowest BCUT2D eigenvalue weighted by Crippen LogP contribution is -2.49. The second-order valence-electron chi connectivity index (χ2n) is 7.25. The monoisotopic (exact) mass is 448 g/mol. The predicted octanol–water partition coefficient (Wildman–Crippen LogP) is 4.63. The molecule has 166 valence electrons. The van der Waals surface area contributed by atoms with Gasteiger partial charge in [0.15, 0.2) is 11.4 Å². The van der Waals surface area contributed by atoms with Gasteiger partial charge in [-0.25, -0.2) is 0 Å². The van der Waals surface area contributed by atoms with E-state index >= 15 is 0 Å². The zero-order valence-electron chi connectivity index (χ0n) is 16.2. The number of carbonyl (C=O) groups is 1. The van der Waals surface area contributed by atoms with Crippen LogP contribution in [0.3, 0.4) is 0 Å². The number of Topliss-reactive ketones (excluding diaryl/α,β-unsaturated/α-hetero) is 1. The van der Waals surface area contributed by atoms with Crippen molar-refractivity contribution in [2.75, 3.05) is 0 Å². The fourth-order valence-corrected chi connectivity index (χ4v) is 3.28. The van der Waals surface area contributed by atoms with E-state index in [0.29, 0.717) is 0 Å². The van der Waals surface area contributed by atoms with Crippen molar-refractivity contribution in [1.82, 2.24) is 0 Å². The van der Waals surface area contributed by atoms with Gasteiger partial charge in [0.2, 0.25) is 0 Å². The lowest BCUT2D eigenvalue weighted by molar-refractivity contribution is -0.385. The summed E-state index contributed by atoms with van der Waals surface area (Å²) in [6, 6.07) is 9.68. The fourth-order valence-electron chi connectivity index (χ4n) is 3.28. The van der Waals surface area contributed by atoms with Gasteiger partial charge in [-0.05, 0) is 47.5 Å². The molecule has 1 unspecified atom stereocenters. The first-order valence-corrected chi connectivity index (χ1v) is 9.13. The summed E-state index contributed by atoms with van der Waals surface area (Å²) < 4.78 is 40.8. The summed E-state index contributed by atoms with van der Waals surface area (Å²) in [5.74, 6) is -0.726. The number of hydrogen-bond acceptors (Lipinski definition) is 6. The largest absolute Gasteiger partial charge is 0.417 e. The number of nitro benzene ring substituents is 2. The van der Waals surface area contributed by atoms with E-state index in [9.17, 15) is 43.3 Å². The normalized spacial score (nSPS) is 21.7. The molecule has 0 radical (unpaired) electrons. The van der Waals surface area contributed by atoms with Gasteiger partial charge in [-0.15, -0.1) is 0 Å². The molecule has 0 aromatic heterocycles. The molecule has 1 aliphatic carbocycles. The molecule has 8 nitrogen and oxygen atoms in total. The van der Waals surface area contributed by atoms with E-state index in [1.54, 1.807) is 0 Å². The number of hydrogen-bond donors (Lipinski definition) is 1. The molecular formula is C21H15F3N2O6. The SMILES string of the molecule is O=C1/C(=C\c2ccc([N+](=O)[O-])cc2)CC(O)(C(F)(F)F)C/C1=C\c1ccc([N+](=O)[O-])cc1. The summed E-state index contributed by atoms with van der Waals surface area (Å²) in [5.41, 5.74) is -3.79. The molecule has 0 bridgehead atoms. The van der Waals surface area contributed by atoms with Crippen molar-refractivity contribution in [3.05, 3.63) is 91.0 Å². The number of ketones is 1. The first kappa shape index (κ1) is 22.8. The summed E-state index contributed by atoms with van der Waals surface area (Å²) in [6.45, 7) is 0. The molecule has 11 heteroatoms. The van der Waals surface area contributed by atoms with Crippen molar-refractivity contribution in [1.29, 1.82) is 0 Å². The molecule has 0 spiro atoms. The molecule has 1 aliphatic rings. The van der Waals surface area contributed by atoms with Crippen LogP contribution in [0, 0.1) is 20.2 Å².